The predicted molar refractivity (Wildman–Crippen MR) is 73.8 cm³/mol. The lowest BCUT2D eigenvalue weighted by atomic mass is 9.95. The molecular weight excluding hydrogens is 264 g/mol. The molecule has 2 rings (SSSR count). The van der Waals surface area contributed by atoms with E-state index < -0.39 is 10.0 Å². The smallest absolute Gasteiger partial charge is 0.246 e. The summed E-state index contributed by atoms with van der Waals surface area (Å²) >= 11 is 0. The van der Waals surface area contributed by atoms with Gasteiger partial charge in [0.25, 0.3) is 0 Å². The number of nitrogens with two attached hydrogens (primary N) is 1. The van der Waals surface area contributed by atoms with Crippen molar-refractivity contribution in [2.45, 2.75) is 37.6 Å². The molecule has 1 aliphatic heterocycles. The molecule has 6 nitrogen and oxygen atoms in total. The van der Waals surface area contributed by atoms with Crippen LogP contribution >= 0.6 is 0 Å². The van der Waals surface area contributed by atoms with Crippen molar-refractivity contribution in [2.24, 2.45) is 11.8 Å². The van der Waals surface area contributed by atoms with Crippen molar-refractivity contribution < 1.29 is 8.42 Å². The van der Waals surface area contributed by atoms with Crippen LogP contribution in [0.1, 0.15) is 26.7 Å². The SMILES string of the molecule is CC1CCN(S(=O)(=O)c2cnccc2NN)C(C)C1. The van der Waals surface area contributed by atoms with E-state index in [-0.39, 0.29) is 10.9 Å². The molecule has 2 heterocycles. The van der Waals surface area contributed by atoms with Crippen LogP contribution in [-0.2, 0) is 10.0 Å². The first-order valence-corrected chi connectivity index (χ1v) is 7.83. The van der Waals surface area contributed by atoms with Crippen LogP contribution in [0.4, 0.5) is 5.69 Å². The summed E-state index contributed by atoms with van der Waals surface area (Å²) in [6.45, 7) is 4.64. The number of pyridine rings is 1. The summed E-state index contributed by atoms with van der Waals surface area (Å²) in [5, 5.41) is 0. The number of anilines is 1. The zero-order valence-electron chi connectivity index (χ0n) is 11.2. The Bertz CT molecular complexity index is 546. The molecule has 0 spiro atoms. The van der Waals surface area contributed by atoms with Gasteiger partial charge in [0.05, 0.1) is 5.69 Å². The second-order valence-corrected chi connectivity index (χ2v) is 6.97. The third kappa shape index (κ3) is 2.72. The highest BCUT2D eigenvalue weighted by molar-refractivity contribution is 7.89. The van der Waals surface area contributed by atoms with Gasteiger partial charge in [0.15, 0.2) is 0 Å². The molecule has 1 fully saturated rings. The first kappa shape index (κ1) is 14.2. The third-order valence-corrected chi connectivity index (χ3v) is 5.65. The maximum atomic E-state index is 12.7. The molecule has 7 heteroatoms. The van der Waals surface area contributed by atoms with E-state index in [1.54, 1.807) is 10.4 Å². The number of nitrogens with zero attached hydrogens (tertiary/aromatic N) is 2. The summed E-state index contributed by atoms with van der Waals surface area (Å²) in [5.41, 5.74) is 2.79. The van der Waals surface area contributed by atoms with Crippen molar-refractivity contribution >= 4 is 15.7 Å². The van der Waals surface area contributed by atoms with E-state index in [1.165, 1.54) is 12.4 Å². The second-order valence-electron chi connectivity index (χ2n) is 5.11. The Morgan fingerprint density at radius 3 is 2.84 bits per heavy atom. The van der Waals surface area contributed by atoms with Gasteiger partial charge in [-0.1, -0.05) is 6.92 Å². The lowest BCUT2D eigenvalue weighted by Crippen LogP contribution is -2.44. The van der Waals surface area contributed by atoms with Gasteiger partial charge in [-0.2, -0.15) is 4.31 Å². The van der Waals surface area contributed by atoms with Gasteiger partial charge in [0.2, 0.25) is 10.0 Å². The summed E-state index contributed by atoms with van der Waals surface area (Å²) < 4.78 is 26.9. The van der Waals surface area contributed by atoms with Crippen LogP contribution in [0.3, 0.4) is 0 Å². The average Bonchev–Trinajstić information content (AvgIpc) is 2.38. The zero-order chi connectivity index (χ0) is 14.0. The Balaban J connectivity index is 2.37. The highest BCUT2D eigenvalue weighted by Gasteiger charge is 2.34. The Morgan fingerprint density at radius 2 is 2.21 bits per heavy atom. The normalized spacial score (nSPS) is 25.2. The lowest BCUT2D eigenvalue weighted by molar-refractivity contribution is 0.220. The zero-order valence-corrected chi connectivity index (χ0v) is 12.0. The van der Waals surface area contributed by atoms with Crippen molar-refractivity contribution in [1.82, 2.24) is 9.29 Å². The number of nitrogens with one attached hydrogen (secondary N) is 1. The summed E-state index contributed by atoms with van der Waals surface area (Å²) in [6, 6.07) is 1.56. The molecule has 0 amide bonds. The van der Waals surface area contributed by atoms with Crippen molar-refractivity contribution in [3.63, 3.8) is 0 Å². The van der Waals surface area contributed by atoms with Crippen LogP contribution in [0, 0.1) is 5.92 Å². The average molecular weight is 284 g/mol. The number of piperidine rings is 1. The van der Waals surface area contributed by atoms with E-state index in [0.717, 1.165) is 12.8 Å². The monoisotopic (exact) mass is 284 g/mol. The summed E-state index contributed by atoms with van der Waals surface area (Å²) in [6.07, 6.45) is 4.62. The first-order chi connectivity index (χ1) is 8.96. The molecule has 0 aliphatic carbocycles. The molecule has 0 bridgehead atoms. The number of hydrogen-bond donors (Lipinski definition) is 2. The largest absolute Gasteiger partial charge is 0.323 e. The second kappa shape index (κ2) is 5.44. The van der Waals surface area contributed by atoms with E-state index >= 15 is 0 Å². The lowest BCUT2D eigenvalue weighted by Gasteiger charge is -2.35. The third-order valence-electron chi connectivity index (χ3n) is 3.60. The molecule has 0 radical (unpaired) electrons. The predicted octanol–water partition coefficient (Wildman–Crippen LogP) is 1.18. The molecule has 19 heavy (non-hydrogen) atoms. The Kier molecular flexibility index (Phi) is 4.07. The summed E-state index contributed by atoms with van der Waals surface area (Å²) in [7, 11) is -3.55. The number of sulfonamides is 1. The first-order valence-electron chi connectivity index (χ1n) is 6.39. The number of rotatable bonds is 3. The molecule has 2 atom stereocenters. The molecule has 1 aromatic heterocycles. The molecule has 0 saturated carbocycles. The highest BCUT2D eigenvalue weighted by Crippen LogP contribution is 2.30. The number of nitrogen functional groups attached to an aromatic ring is 1. The minimum Gasteiger partial charge on any atom is -0.323 e. The molecule has 2 unspecified atom stereocenters. The Hall–Kier alpha value is -1.18. The van der Waals surface area contributed by atoms with E-state index in [9.17, 15) is 8.42 Å². The number of aromatic nitrogens is 1. The Morgan fingerprint density at radius 1 is 1.47 bits per heavy atom. The van der Waals surface area contributed by atoms with Crippen LogP contribution in [0.25, 0.3) is 0 Å². The Labute approximate surface area is 114 Å². The van der Waals surface area contributed by atoms with Crippen molar-refractivity contribution in [3.8, 4) is 0 Å². The molecule has 1 aromatic rings. The minimum absolute atomic E-state index is 0.000388. The number of hydrazine groups is 1. The maximum Gasteiger partial charge on any atom is 0.246 e. The van der Waals surface area contributed by atoms with Crippen molar-refractivity contribution in [2.75, 3.05) is 12.0 Å². The molecule has 1 saturated heterocycles. The van der Waals surface area contributed by atoms with Crippen LogP contribution in [0.2, 0.25) is 0 Å². The van der Waals surface area contributed by atoms with E-state index in [1.807, 2.05) is 6.92 Å². The van der Waals surface area contributed by atoms with Gasteiger partial charge < -0.3 is 5.43 Å². The van der Waals surface area contributed by atoms with E-state index in [2.05, 4.69) is 17.3 Å². The summed E-state index contributed by atoms with van der Waals surface area (Å²) in [4.78, 5) is 4.03. The van der Waals surface area contributed by atoms with Crippen LogP contribution in [0.5, 0.6) is 0 Å². The quantitative estimate of drug-likeness (QED) is 0.642. The van der Waals surface area contributed by atoms with Gasteiger partial charge in [-0.05, 0) is 31.7 Å². The molecule has 3 N–H and O–H groups in total. The van der Waals surface area contributed by atoms with Gasteiger partial charge in [-0.3, -0.25) is 10.8 Å². The van der Waals surface area contributed by atoms with Gasteiger partial charge in [0.1, 0.15) is 4.90 Å². The molecule has 0 aromatic carbocycles. The van der Waals surface area contributed by atoms with E-state index in [4.69, 9.17) is 5.84 Å². The van der Waals surface area contributed by atoms with Gasteiger partial charge >= 0.3 is 0 Å². The highest BCUT2D eigenvalue weighted by atomic mass is 32.2. The minimum atomic E-state index is -3.55. The van der Waals surface area contributed by atoms with Crippen molar-refractivity contribution in [3.05, 3.63) is 18.5 Å². The standard InChI is InChI=1S/C12H20N4O2S/c1-9-4-6-16(10(2)7-9)19(17,18)12-8-14-5-3-11(12)15-13/h3,5,8-10H,4,6-7,13H2,1-2H3,(H,14,15). The van der Waals surface area contributed by atoms with E-state index in [0.29, 0.717) is 18.2 Å². The fourth-order valence-electron chi connectivity index (χ4n) is 2.57. The molecule has 106 valence electrons. The topological polar surface area (TPSA) is 88.3 Å². The van der Waals surface area contributed by atoms with Gasteiger partial charge in [-0.15, -0.1) is 0 Å². The van der Waals surface area contributed by atoms with Gasteiger partial charge in [-0.25, -0.2) is 8.42 Å². The molecule has 1 aliphatic rings. The maximum absolute atomic E-state index is 12.7. The van der Waals surface area contributed by atoms with Crippen molar-refractivity contribution in [1.29, 1.82) is 0 Å². The number of hydrogen-bond acceptors (Lipinski definition) is 5. The van der Waals surface area contributed by atoms with Crippen LogP contribution in [-0.4, -0.2) is 30.3 Å². The van der Waals surface area contributed by atoms with Gasteiger partial charge in [0, 0.05) is 25.0 Å². The van der Waals surface area contributed by atoms with Crippen LogP contribution < -0.4 is 11.3 Å². The van der Waals surface area contributed by atoms with Crippen LogP contribution in [0.15, 0.2) is 23.4 Å². The fraction of sp³-hybridized carbons (Fsp3) is 0.583. The molecular formula is C12H20N4O2S. The fourth-order valence-corrected chi connectivity index (χ4v) is 4.33. The summed E-state index contributed by atoms with van der Waals surface area (Å²) in [5.74, 6) is 5.93.